The van der Waals surface area contributed by atoms with E-state index in [0.717, 1.165) is 38.0 Å². The predicted molar refractivity (Wildman–Crippen MR) is 78.5 cm³/mol. The first-order valence-electron chi connectivity index (χ1n) is 6.78. The van der Waals surface area contributed by atoms with E-state index >= 15 is 0 Å². The van der Waals surface area contributed by atoms with Gasteiger partial charge in [-0.2, -0.15) is 0 Å². The fraction of sp³-hybridized carbons (Fsp3) is 0.571. The van der Waals surface area contributed by atoms with Crippen LogP contribution >= 0.6 is 0 Å². The van der Waals surface area contributed by atoms with Gasteiger partial charge in [0.25, 0.3) is 5.69 Å². The molecule has 0 heterocycles. The maximum Gasteiger partial charge on any atom is 0.292 e. The summed E-state index contributed by atoms with van der Waals surface area (Å²) in [5, 5.41) is 14.2. The third-order valence-electron chi connectivity index (χ3n) is 2.88. The van der Waals surface area contributed by atoms with E-state index in [-0.39, 0.29) is 10.6 Å². The summed E-state index contributed by atoms with van der Waals surface area (Å²) in [7, 11) is 2.03. The summed E-state index contributed by atoms with van der Waals surface area (Å²) in [4.78, 5) is 12.9. The molecule has 0 bridgehead atoms. The van der Waals surface area contributed by atoms with Crippen LogP contribution in [0.1, 0.15) is 32.3 Å². The fourth-order valence-corrected chi connectivity index (χ4v) is 2.01. The highest BCUT2D eigenvalue weighted by molar-refractivity contribution is 5.62. The summed E-state index contributed by atoms with van der Waals surface area (Å²) in [6.45, 7) is 6.63. The second kappa shape index (κ2) is 7.74. The Morgan fingerprint density at radius 3 is 2.63 bits per heavy atom. The minimum Gasteiger partial charge on any atom is -0.380 e. The van der Waals surface area contributed by atoms with E-state index in [2.05, 4.69) is 17.1 Å². The summed E-state index contributed by atoms with van der Waals surface area (Å²) < 4.78 is 0. The lowest BCUT2D eigenvalue weighted by molar-refractivity contribution is -0.384. The van der Waals surface area contributed by atoms with E-state index in [4.69, 9.17) is 0 Å². The summed E-state index contributed by atoms with van der Waals surface area (Å²) in [6, 6.07) is 5.43. The van der Waals surface area contributed by atoms with Crippen molar-refractivity contribution in [2.24, 2.45) is 0 Å². The number of nitrogens with one attached hydrogen (secondary N) is 1. The lowest BCUT2D eigenvalue weighted by atomic mass is 10.1. The summed E-state index contributed by atoms with van der Waals surface area (Å²) in [6.07, 6.45) is 2.02. The molecule has 1 N–H and O–H groups in total. The molecule has 106 valence electrons. The molecule has 0 unspecified atom stereocenters. The van der Waals surface area contributed by atoms with Crippen LogP contribution in [0.5, 0.6) is 0 Å². The molecule has 0 aliphatic rings. The number of hydrogen-bond acceptors (Lipinski definition) is 4. The second-order valence-electron chi connectivity index (χ2n) is 4.77. The van der Waals surface area contributed by atoms with Crippen LogP contribution in [0, 0.1) is 10.1 Å². The lowest BCUT2D eigenvalue weighted by Crippen LogP contribution is -2.18. The second-order valence-corrected chi connectivity index (χ2v) is 4.77. The Kier molecular flexibility index (Phi) is 6.29. The molecular formula is C14H23N3O2. The molecule has 1 aromatic carbocycles. The number of nitrogens with zero attached hydrogens (tertiary/aromatic N) is 2. The van der Waals surface area contributed by atoms with E-state index in [1.54, 1.807) is 6.07 Å². The average Bonchev–Trinajstić information content (AvgIpc) is 2.37. The molecule has 19 heavy (non-hydrogen) atoms. The molecule has 5 nitrogen and oxygen atoms in total. The van der Waals surface area contributed by atoms with E-state index in [9.17, 15) is 10.1 Å². The highest BCUT2D eigenvalue weighted by Crippen LogP contribution is 2.26. The van der Waals surface area contributed by atoms with Gasteiger partial charge in [0.15, 0.2) is 0 Å². The molecule has 0 radical (unpaired) electrons. The predicted octanol–water partition coefficient (Wildman–Crippen LogP) is 3.26. The summed E-state index contributed by atoms with van der Waals surface area (Å²) >= 11 is 0. The number of nitro groups is 1. The highest BCUT2D eigenvalue weighted by atomic mass is 16.6. The van der Waals surface area contributed by atoms with Gasteiger partial charge in [-0.1, -0.05) is 19.9 Å². The highest BCUT2D eigenvalue weighted by Gasteiger charge is 2.14. The Bertz CT molecular complexity index is 421. The van der Waals surface area contributed by atoms with Gasteiger partial charge in [0.2, 0.25) is 0 Å². The number of hydrogen-bond donors (Lipinski definition) is 1. The van der Waals surface area contributed by atoms with Crippen LogP contribution in [0.25, 0.3) is 0 Å². The summed E-state index contributed by atoms with van der Waals surface area (Å²) in [5.74, 6) is 0. The van der Waals surface area contributed by atoms with E-state index < -0.39 is 0 Å². The van der Waals surface area contributed by atoms with Crippen LogP contribution in [0.4, 0.5) is 11.4 Å². The quantitative estimate of drug-likeness (QED) is 0.579. The number of nitro benzene ring substituents is 1. The van der Waals surface area contributed by atoms with Gasteiger partial charge in [0, 0.05) is 19.2 Å². The first kappa shape index (κ1) is 15.4. The van der Waals surface area contributed by atoms with Gasteiger partial charge in [-0.15, -0.1) is 0 Å². The van der Waals surface area contributed by atoms with Crippen molar-refractivity contribution in [2.75, 3.05) is 25.5 Å². The third-order valence-corrected chi connectivity index (χ3v) is 2.88. The largest absolute Gasteiger partial charge is 0.380 e. The normalized spacial score (nSPS) is 10.7. The smallest absolute Gasteiger partial charge is 0.292 e. The monoisotopic (exact) mass is 265 g/mol. The molecular weight excluding hydrogens is 242 g/mol. The standard InChI is InChI=1S/C14H23N3O2/c1-4-8-15-13-7-6-12(10-14(13)17(18)19)11-16(3)9-5-2/h6-7,10,15H,4-5,8-9,11H2,1-3H3. The molecule has 0 fully saturated rings. The molecule has 0 spiro atoms. The molecule has 1 aromatic rings. The Hall–Kier alpha value is -1.62. The minimum atomic E-state index is -0.318. The van der Waals surface area contributed by atoms with Gasteiger partial charge in [-0.05, 0) is 38.1 Å². The molecule has 1 rings (SSSR count). The maximum absolute atomic E-state index is 11.1. The van der Waals surface area contributed by atoms with Crippen molar-refractivity contribution in [2.45, 2.75) is 33.2 Å². The van der Waals surface area contributed by atoms with E-state index in [1.807, 2.05) is 26.1 Å². The van der Waals surface area contributed by atoms with Crippen molar-refractivity contribution < 1.29 is 4.92 Å². The van der Waals surface area contributed by atoms with Gasteiger partial charge in [0.05, 0.1) is 4.92 Å². The van der Waals surface area contributed by atoms with Gasteiger partial charge in [-0.25, -0.2) is 0 Å². The Labute approximate surface area is 114 Å². The van der Waals surface area contributed by atoms with E-state index in [1.165, 1.54) is 0 Å². The van der Waals surface area contributed by atoms with Gasteiger partial charge in [-0.3, -0.25) is 10.1 Å². The molecule has 0 aromatic heterocycles. The van der Waals surface area contributed by atoms with Crippen LogP contribution in [-0.4, -0.2) is 30.0 Å². The zero-order valence-corrected chi connectivity index (χ0v) is 12.0. The fourth-order valence-electron chi connectivity index (χ4n) is 2.01. The Morgan fingerprint density at radius 2 is 2.05 bits per heavy atom. The van der Waals surface area contributed by atoms with E-state index in [0.29, 0.717) is 5.69 Å². The summed E-state index contributed by atoms with van der Waals surface area (Å²) in [5.41, 5.74) is 1.74. The minimum absolute atomic E-state index is 0.163. The zero-order chi connectivity index (χ0) is 14.3. The van der Waals surface area contributed by atoms with Crippen LogP contribution in [0.3, 0.4) is 0 Å². The number of benzene rings is 1. The lowest BCUT2D eigenvalue weighted by Gasteiger charge is -2.16. The van der Waals surface area contributed by atoms with Crippen molar-refractivity contribution >= 4 is 11.4 Å². The molecule has 0 atom stereocenters. The van der Waals surface area contributed by atoms with Crippen molar-refractivity contribution in [1.82, 2.24) is 4.90 Å². The number of rotatable bonds is 8. The van der Waals surface area contributed by atoms with Crippen molar-refractivity contribution in [3.05, 3.63) is 33.9 Å². The van der Waals surface area contributed by atoms with Gasteiger partial charge < -0.3 is 10.2 Å². The van der Waals surface area contributed by atoms with Crippen molar-refractivity contribution in [1.29, 1.82) is 0 Å². The van der Waals surface area contributed by atoms with Crippen LogP contribution in [0.15, 0.2) is 18.2 Å². The van der Waals surface area contributed by atoms with Crippen molar-refractivity contribution in [3.8, 4) is 0 Å². The molecule has 0 saturated carbocycles. The number of anilines is 1. The van der Waals surface area contributed by atoms with Crippen molar-refractivity contribution in [3.63, 3.8) is 0 Å². The SMILES string of the molecule is CCCNc1ccc(CN(C)CCC)cc1[N+](=O)[O-]. The van der Waals surface area contributed by atoms with Crippen LogP contribution in [0.2, 0.25) is 0 Å². The third kappa shape index (κ3) is 4.87. The van der Waals surface area contributed by atoms with Crippen LogP contribution in [-0.2, 0) is 6.54 Å². The molecule has 0 amide bonds. The molecule has 0 saturated heterocycles. The van der Waals surface area contributed by atoms with Gasteiger partial charge in [0.1, 0.15) is 5.69 Å². The average molecular weight is 265 g/mol. The topological polar surface area (TPSA) is 58.4 Å². The van der Waals surface area contributed by atoms with Gasteiger partial charge >= 0.3 is 0 Å². The molecule has 5 heteroatoms. The molecule has 0 aliphatic carbocycles. The Balaban J connectivity index is 2.86. The first-order chi connectivity index (χ1) is 9.08. The zero-order valence-electron chi connectivity index (χ0n) is 12.0. The molecule has 0 aliphatic heterocycles. The first-order valence-corrected chi connectivity index (χ1v) is 6.78. The Morgan fingerprint density at radius 1 is 1.32 bits per heavy atom. The maximum atomic E-state index is 11.1. The van der Waals surface area contributed by atoms with Crippen LogP contribution < -0.4 is 5.32 Å².